The van der Waals surface area contributed by atoms with Gasteiger partial charge >= 0.3 is 0 Å². The highest BCUT2D eigenvalue weighted by atomic mass is 35.5. The molecule has 0 saturated heterocycles. The molecule has 1 aromatic heterocycles. The number of hydrogen-bond acceptors (Lipinski definition) is 3. The molecule has 4 nitrogen and oxygen atoms in total. The van der Waals surface area contributed by atoms with E-state index in [0.717, 1.165) is 6.07 Å². The minimum absolute atomic E-state index is 0.166. The Balaban J connectivity index is 2.32. The molecule has 0 bridgehead atoms. The van der Waals surface area contributed by atoms with Crippen molar-refractivity contribution in [2.45, 2.75) is 12.5 Å². The van der Waals surface area contributed by atoms with E-state index in [1.807, 2.05) is 0 Å². The lowest BCUT2D eigenvalue weighted by molar-refractivity contribution is 0.469. The van der Waals surface area contributed by atoms with Crippen molar-refractivity contribution in [1.82, 2.24) is 15.2 Å². The zero-order chi connectivity index (χ0) is 14.0. The first-order valence-corrected chi connectivity index (χ1v) is 5.98. The van der Waals surface area contributed by atoms with Gasteiger partial charge in [0.1, 0.15) is 0 Å². The summed E-state index contributed by atoms with van der Waals surface area (Å²) in [6.45, 7) is 0. The molecule has 0 saturated carbocycles. The van der Waals surface area contributed by atoms with Crippen molar-refractivity contribution in [1.29, 1.82) is 0 Å². The van der Waals surface area contributed by atoms with Crippen LogP contribution in [0.15, 0.2) is 24.4 Å². The minimum atomic E-state index is -0.885. The normalized spacial score (nSPS) is 12.7. The smallest absolute Gasteiger partial charge is 0.162 e. The second-order valence-electron chi connectivity index (χ2n) is 4.14. The second-order valence-corrected chi connectivity index (χ2v) is 4.54. The van der Waals surface area contributed by atoms with Gasteiger partial charge in [0.15, 0.2) is 11.6 Å². The second kappa shape index (κ2) is 5.64. The van der Waals surface area contributed by atoms with E-state index in [1.165, 1.54) is 18.3 Å². The molecule has 0 aliphatic heterocycles. The number of hydrazine groups is 1. The quantitative estimate of drug-likeness (QED) is 0.668. The minimum Gasteiger partial charge on any atom is -0.271 e. The summed E-state index contributed by atoms with van der Waals surface area (Å²) in [6, 6.07) is 3.57. The van der Waals surface area contributed by atoms with Crippen molar-refractivity contribution in [2.75, 3.05) is 0 Å². The first-order valence-electron chi connectivity index (χ1n) is 5.61. The van der Waals surface area contributed by atoms with Gasteiger partial charge in [-0.05, 0) is 18.1 Å². The molecule has 1 unspecified atom stereocenters. The van der Waals surface area contributed by atoms with E-state index in [9.17, 15) is 8.78 Å². The molecule has 0 spiro atoms. The molecule has 19 heavy (non-hydrogen) atoms. The van der Waals surface area contributed by atoms with Gasteiger partial charge in [-0.15, -0.1) is 0 Å². The molecule has 1 heterocycles. The topological polar surface area (TPSA) is 55.9 Å². The third-order valence-electron chi connectivity index (χ3n) is 2.92. The number of hydrogen-bond donors (Lipinski definition) is 2. The summed E-state index contributed by atoms with van der Waals surface area (Å²) in [7, 11) is 1.70. The Morgan fingerprint density at radius 3 is 2.79 bits per heavy atom. The van der Waals surface area contributed by atoms with Crippen LogP contribution in [0.4, 0.5) is 8.78 Å². The van der Waals surface area contributed by atoms with Crippen molar-refractivity contribution in [3.8, 4) is 0 Å². The monoisotopic (exact) mass is 286 g/mol. The number of aromatic nitrogens is 2. The molecular formula is C12H13ClF2N4. The summed E-state index contributed by atoms with van der Waals surface area (Å²) in [5, 5.41) is 4.41. The van der Waals surface area contributed by atoms with Crippen LogP contribution in [-0.4, -0.2) is 9.78 Å². The van der Waals surface area contributed by atoms with E-state index in [1.54, 1.807) is 11.7 Å². The van der Waals surface area contributed by atoms with Crippen LogP contribution >= 0.6 is 11.6 Å². The highest BCUT2D eigenvalue weighted by molar-refractivity contribution is 6.31. The zero-order valence-corrected chi connectivity index (χ0v) is 11.0. The van der Waals surface area contributed by atoms with Gasteiger partial charge in [0.25, 0.3) is 0 Å². The van der Waals surface area contributed by atoms with Crippen LogP contribution in [0.1, 0.15) is 17.3 Å². The van der Waals surface area contributed by atoms with E-state index >= 15 is 0 Å². The Morgan fingerprint density at radius 1 is 1.47 bits per heavy atom. The first kappa shape index (κ1) is 13.9. The maximum atomic E-state index is 13.6. The van der Waals surface area contributed by atoms with Crippen molar-refractivity contribution in [3.05, 3.63) is 52.3 Å². The van der Waals surface area contributed by atoms with Crippen LogP contribution in [0.5, 0.6) is 0 Å². The number of benzene rings is 1. The van der Waals surface area contributed by atoms with Gasteiger partial charge in [-0.3, -0.25) is 16.0 Å². The fourth-order valence-electron chi connectivity index (χ4n) is 1.97. The zero-order valence-electron chi connectivity index (χ0n) is 10.2. The number of nitrogens with two attached hydrogens (primary N) is 1. The van der Waals surface area contributed by atoms with E-state index < -0.39 is 17.7 Å². The van der Waals surface area contributed by atoms with E-state index in [0.29, 0.717) is 10.7 Å². The molecule has 1 atom stereocenters. The fraction of sp³-hybridized carbons (Fsp3) is 0.250. The van der Waals surface area contributed by atoms with Crippen LogP contribution in [0.2, 0.25) is 5.02 Å². The third-order valence-corrected chi connectivity index (χ3v) is 3.22. The van der Waals surface area contributed by atoms with Gasteiger partial charge < -0.3 is 0 Å². The molecule has 0 fully saturated rings. The van der Waals surface area contributed by atoms with Crippen LogP contribution in [0.3, 0.4) is 0 Å². The SMILES string of the molecule is Cn1ncc(Cl)c1C(Cc1cccc(F)c1F)NN. The van der Waals surface area contributed by atoms with Gasteiger partial charge in [0, 0.05) is 7.05 Å². The molecule has 2 aromatic rings. The Morgan fingerprint density at radius 2 is 2.21 bits per heavy atom. The van der Waals surface area contributed by atoms with Crippen molar-refractivity contribution >= 4 is 11.6 Å². The molecule has 0 radical (unpaired) electrons. The maximum absolute atomic E-state index is 13.6. The Hall–Kier alpha value is -1.50. The lowest BCUT2D eigenvalue weighted by Crippen LogP contribution is -2.31. The van der Waals surface area contributed by atoms with Crippen LogP contribution < -0.4 is 11.3 Å². The molecule has 2 rings (SSSR count). The summed E-state index contributed by atoms with van der Waals surface area (Å²) in [5.41, 5.74) is 3.39. The van der Waals surface area contributed by atoms with E-state index in [4.69, 9.17) is 17.4 Å². The number of nitrogens with one attached hydrogen (secondary N) is 1. The Kier molecular flexibility index (Phi) is 4.14. The van der Waals surface area contributed by atoms with Crippen LogP contribution in [0, 0.1) is 11.6 Å². The highest BCUT2D eigenvalue weighted by Gasteiger charge is 2.20. The van der Waals surface area contributed by atoms with Gasteiger partial charge in [0.2, 0.25) is 0 Å². The summed E-state index contributed by atoms with van der Waals surface area (Å²) < 4.78 is 28.4. The third kappa shape index (κ3) is 2.75. The van der Waals surface area contributed by atoms with Gasteiger partial charge in [-0.25, -0.2) is 8.78 Å². The fourth-order valence-corrected chi connectivity index (χ4v) is 2.27. The molecule has 102 valence electrons. The van der Waals surface area contributed by atoms with Gasteiger partial charge in [-0.2, -0.15) is 5.10 Å². The average Bonchev–Trinajstić information content (AvgIpc) is 2.72. The van der Waals surface area contributed by atoms with Crippen molar-refractivity contribution in [3.63, 3.8) is 0 Å². The standard InChI is InChI=1S/C12H13ClF2N4/c1-19-12(8(13)6-17-19)10(18-16)5-7-3-2-4-9(14)11(7)15/h2-4,6,10,18H,5,16H2,1H3. The number of halogens is 3. The number of rotatable bonds is 4. The van der Waals surface area contributed by atoms with Crippen LogP contribution in [0.25, 0.3) is 0 Å². The Labute approximate surface area is 114 Å². The predicted molar refractivity (Wildman–Crippen MR) is 68.3 cm³/mol. The summed E-state index contributed by atoms with van der Waals surface area (Å²) >= 11 is 6.01. The molecule has 7 heteroatoms. The van der Waals surface area contributed by atoms with Gasteiger partial charge in [-0.1, -0.05) is 23.7 Å². The van der Waals surface area contributed by atoms with Gasteiger partial charge in [0.05, 0.1) is 23.0 Å². The lowest BCUT2D eigenvalue weighted by atomic mass is 10.0. The number of aryl methyl sites for hydroxylation is 1. The average molecular weight is 287 g/mol. The first-order chi connectivity index (χ1) is 9.04. The number of nitrogens with zero attached hydrogens (tertiary/aromatic N) is 2. The van der Waals surface area contributed by atoms with Crippen LogP contribution in [-0.2, 0) is 13.5 Å². The largest absolute Gasteiger partial charge is 0.271 e. The Bertz CT molecular complexity index is 566. The maximum Gasteiger partial charge on any atom is 0.162 e. The molecule has 0 amide bonds. The van der Waals surface area contributed by atoms with Crippen molar-refractivity contribution in [2.24, 2.45) is 12.9 Å². The molecule has 1 aromatic carbocycles. The van der Waals surface area contributed by atoms with E-state index in [2.05, 4.69) is 10.5 Å². The summed E-state index contributed by atoms with van der Waals surface area (Å²) in [5.74, 6) is 3.71. The highest BCUT2D eigenvalue weighted by Crippen LogP contribution is 2.25. The van der Waals surface area contributed by atoms with E-state index in [-0.39, 0.29) is 12.0 Å². The molecule has 0 aliphatic carbocycles. The summed E-state index contributed by atoms with van der Waals surface area (Å²) in [6.07, 6.45) is 1.64. The lowest BCUT2D eigenvalue weighted by Gasteiger charge is -2.17. The molecular weight excluding hydrogens is 274 g/mol. The predicted octanol–water partition coefficient (Wildman–Crippen LogP) is 2.10. The van der Waals surface area contributed by atoms with Crippen molar-refractivity contribution < 1.29 is 8.78 Å². The molecule has 3 N–H and O–H groups in total. The summed E-state index contributed by atoms with van der Waals surface area (Å²) in [4.78, 5) is 0. The molecule has 0 aliphatic rings.